The average Bonchev–Trinajstić information content (AvgIpc) is 2.54. The summed E-state index contributed by atoms with van der Waals surface area (Å²) in [5, 5.41) is 8.84. The minimum absolute atomic E-state index is 0.161. The number of rotatable bonds is 6. The highest BCUT2D eigenvalue weighted by atomic mass is 16.5. The van der Waals surface area contributed by atoms with Crippen molar-refractivity contribution in [1.29, 1.82) is 0 Å². The van der Waals surface area contributed by atoms with Crippen LogP contribution >= 0.6 is 0 Å². The Bertz CT molecular complexity index is 699. The molecule has 0 amide bonds. The molecule has 112 valence electrons. The number of carbonyl (C=O) groups is 2. The molecule has 4 heteroatoms. The first-order valence-corrected chi connectivity index (χ1v) is 6.89. The maximum absolute atomic E-state index is 12.2. The summed E-state index contributed by atoms with van der Waals surface area (Å²) >= 11 is 0. The van der Waals surface area contributed by atoms with Gasteiger partial charge in [-0.2, -0.15) is 0 Å². The largest absolute Gasteiger partial charge is 0.493 e. The molecule has 1 N–H and O–H groups in total. The molecule has 0 spiro atoms. The van der Waals surface area contributed by atoms with Gasteiger partial charge in [-0.3, -0.25) is 4.79 Å². The van der Waals surface area contributed by atoms with E-state index in [4.69, 9.17) is 9.84 Å². The highest BCUT2D eigenvalue weighted by Gasteiger charge is 2.08. The van der Waals surface area contributed by atoms with Gasteiger partial charge in [-0.1, -0.05) is 30.3 Å². The molecule has 0 saturated carbocycles. The lowest BCUT2D eigenvalue weighted by atomic mass is 10.1. The van der Waals surface area contributed by atoms with Gasteiger partial charge in [0.1, 0.15) is 5.75 Å². The fourth-order valence-corrected chi connectivity index (χ4v) is 1.95. The van der Waals surface area contributed by atoms with Crippen molar-refractivity contribution in [2.24, 2.45) is 0 Å². The van der Waals surface area contributed by atoms with Gasteiger partial charge in [-0.15, -0.1) is 0 Å². The van der Waals surface area contributed by atoms with E-state index in [1.807, 2.05) is 13.0 Å². The van der Waals surface area contributed by atoms with Crippen LogP contribution in [0, 0.1) is 0 Å². The minimum Gasteiger partial charge on any atom is -0.493 e. The number of ketones is 1. The lowest BCUT2D eigenvalue weighted by Crippen LogP contribution is -2.01. The van der Waals surface area contributed by atoms with Gasteiger partial charge in [0.05, 0.1) is 17.7 Å². The molecule has 0 radical (unpaired) electrons. The predicted octanol–water partition coefficient (Wildman–Crippen LogP) is 3.68. The molecule has 0 aromatic heterocycles. The van der Waals surface area contributed by atoms with Crippen molar-refractivity contribution in [1.82, 2.24) is 0 Å². The first-order chi connectivity index (χ1) is 10.6. The Morgan fingerprint density at radius 3 is 2.41 bits per heavy atom. The van der Waals surface area contributed by atoms with E-state index in [2.05, 4.69) is 0 Å². The normalized spacial score (nSPS) is 10.6. The standard InChI is InChI=1S/C18H16O4/c1-2-22-17-6-4-3-5-15(17)16(19)12-9-13-7-10-14(11-8-13)18(20)21/h3-12H,2H2,1H3,(H,20,21). The van der Waals surface area contributed by atoms with Crippen molar-refractivity contribution in [3.8, 4) is 5.75 Å². The molecule has 0 aliphatic heterocycles. The van der Waals surface area contributed by atoms with Crippen LogP contribution < -0.4 is 4.74 Å². The van der Waals surface area contributed by atoms with Gasteiger partial charge in [0, 0.05) is 0 Å². The van der Waals surface area contributed by atoms with Crippen molar-refractivity contribution in [2.45, 2.75) is 6.92 Å². The maximum Gasteiger partial charge on any atom is 0.335 e. The van der Waals surface area contributed by atoms with Gasteiger partial charge in [0.15, 0.2) is 5.78 Å². The van der Waals surface area contributed by atoms with E-state index in [0.717, 1.165) is 5.56 Å². The third-order valence-corrected chi connectivity index (χ3v) is 3.04. The van der Waals surface area contributed by atoms with Crippen LogP contribution in [0.1, 0.15) is 33.2 Å². The number of carbonyl (C=O) groups excluding carboxylic acids is 1. The number of allylic oxidation sites excluding steroid dienone is 1. The smallest absolute Gasteiger partial charge is 0.335 e. The number of hydrogen-bond donors (Lipinski definition) is 1. The fraction of sp³-hybridized carbons (Fsp3) is 0.111. The van der Waals surface area contributed by atoms with Crippen LogP contribution in [0.2, 0.25) is 0 Å². The lowest BCUT2D eigenvalue weighted by Gasteiger charge is -2.06. The number of carboxylic acid groups (broad SMARTS) is 1. The summed E-state index contributed by atoms with van der Waals surface area (Å²) in [7, 11) is 0. The molecule has 0 atom stereocenters. The molecular weight excluding hydrogens is 280 g/mol. The SMILES string of the molecule is CCOc1ccccc1C(=O)C=Cc1ccc(C(=O)O)cc1. The first-order valence-electron chi connectivity index (χ1n) is 6.89. The quantitative estimate of drug-likeness (QED) is 0.652. The molecule has 2 rings (SSSR count). The van der Waals surface area contributed by atoms with Gasteiger partial charge < -0.3 is 9.84 Å². The number of aromatic carboxylic acids is 1. The highest BCUT2D eigenvalue weighted by molar-refractivity contribution is 6.08. The summed E-state index contributed by atoms with van der Waals surface area (Å²) in [6.45, 7) is 2.35. The van der Waals surface area contributed by atoms with Crippen LogP contribution in [-0.2, 0) is 0 Å². The van der Waals surface area contributed by atoms with Crippen LogP contribution in [0.15, 0.2) is 54.6 Å². The zero-order chi connectivity index (χ0) is 15.9. The Morgan fingerprint density at radius 2 is 1.77 bits per heavy atom. The number of benzene rings is 2. The zero-order valence-corrected chi connectivity index (χ0v) is 12.2. The third kappa shape index (κ3) is 3.82. The molecule has 0 saturated heterocycles. The Labute approximate surface area is 128 Å². The summed E-state index contributed by atoms with van der Waals surface area (Å²) < 4.78 is 5.43. The minimum atomic E-state index is -0.975. The van der Waals surface area contributed by atoms with Crippen molar-refractivity contribution >= 4 is 17.8 Å². The number of hydrogen-bond acceptors (Lipinski definition) is 3. The Balaban J connectivity index is 2.16. The molecule has 0 unspecified atom stereocenters. The monoisotopic (exact) mass is 296 g/mol. The van der Waals surface area contributed by atoms with Crippen LogP contribution in [0.5, 0.6) is 5.75 Å². The van der Waals surface area contributed by atoms with Gasteiger partial charge in [-0.25, -0.2) is 4.79 Å². The van der Waals surface area contributed by atoms with Crippen LogP contribution in [0.4, 0.5) is 0 Å². The number of para-hydroxylation sites is 1. The van der Waals surface area contributed by atoms with E-state index in [1.165, 1.54) is 18.2 Å². The summed E-state index contributed by atoms with van der Waals surface area (Å²) in [4.78, 5) is 23.0. The first kappa shape index (κ1) is 15.5. The molecule has 0 aliphatic rings. The molecular formula is C18H16O4. The summed E-state index contributed by atoms with van der Waals surface area (Å²) in [5.74, 6) is -0.579. The molecule has 4 nitrogen and oxygen atoms in total. The second-order valence-electron chi connectivity index (χ2n) is 4.55. The topological polar surface area (TPSA) is 63.6 Å². The fourth-order valence-electron chi connectivity index (χ4n) is 1.95. The van der Waals surface area contributed by atoms with Crippen LogP contribution in [-0.4, -0.2) is 23.5 Å². The van der Waals surface area contributed by atoms with E-state index < -0.39 is 5.97 Å². The van der Waals surface area contributed by atoms with Gasteiger partial charge in [0.25, 0.3) is 0 Å². The average molecular weight is 296 g/mol. The van der Waals surface area contributed by atoms with Gasteiger partial charge >= 0.3 is 5.97 Å². The predicted molar refractivity (Wildman–Crippen MR) is 84.4 cm³/mol. The Hall–Kier alpha value is -2.88. The van der Waals surface area contributed by atoms with Gasteiger partial charge in [0.2, 0.25) is 0 Å². The van der Waals surface area contributed by atoms with E-state index >= 15 is 0 Å². The summed E-state index contributed by atoms with van der Waals surface area (Å²) in [6.07, 6.45) is 3.10. The molecule has 22 heavy (non-hydrogen) atoms. The Morgan fingerprint density at radius 1 is 1.09 bits per heavy atom. The van der Waals surface area contributed by atoms with E-state index in [-0.39, 0.29) is 11.3 Å². The molecule has 0 heterocycles. The van der Waals surface area contributed by atoms with Crippen LogP contribution in [0.3, 0.4) is 0 Å². The van der Waals surface area contributed by atoms with Crippen molar-refractivity contribution < 1.29 is 19.4 Å². The third-order valence-electron chi connectivity index (χ3n) is 3.04. The number of carboxylic acids is 1. The zero-order valence-electron chi connectivity index (χ0n) is 12.2. The summed E-state index contributed by atoms with van der Waals surface area (Å²) in [6, 6.07) is 13.4. The molecule has 0 aliphatic carbocycles. The Kier molecular flexibility index (Phi) is 5.09. The second kappa shape index (κ2) is 7.22. The maximum atomic E-state index is 12.2. The molecule has 2 aromatic rings. The second-order valence-corrected chi connectivity index (χ2v) is 4.55. The lowest BCUT2D eigenvalue weighted by molar-refractivity contribution is 0.0696. The molecule has 0 bridgehead atoms. The highest BCUT2D eigenvalue weighted by Crippen LogP contribution is 2.19. The van der Waals surface area contributed by atoms with E-state index in [9.17, 15) is 9.59 Å². The van der Waals surface area contributed by atoms with Crippen molar-refractivity contribution in [2.75, 3.05) is 6.61 Å². The number of ether oxygens (including phenoxy) is 1. The van der Waals surface area contributed by atoms with Gasteiger partial charge in [-0.05, 0) is 42.8 Å². The van der Waals surface area contributed by atoms with E-state index in [0.29, 0.717) is 17.9 Å². The van der Waals surface area contributed by atoms with Crippen LogP contribution in [0.25, 0.3) is 6.08 Å². The summed E-state index contributed by atoms with van der Waals surface area (Å²) in [5.41, 5.74) is 1.47. The van der Waals surface area contributed by atoms with E-state index in [1.54, 1.807) is 36.4 Å². The molecule has 2 aromatic carbocycles. The molecule has 0 fully saturated rings. The van der Waals surface area contributed by atoms with Crippen molar-refractivity contribution in [3.63, 3.8) is 0 Å². The van der Waals surface area contributed by atoms with Crippen molar-refractivity contribution in [3.05, 3.63) is 71.3 Å².